The average molecular weight is 290 g/mol. The zero-order valence-electron chi connectivity index (χ0n) is 12.9. The van der Waals surface area contributed by atoms with E-state index in [0.29, 0.717) is 12.1 Å². The molecule has 114 valence electrons. The van der Waals surface area contributed by atoms with Crippen LogP contribution in [-0.2, 0) is 19.9 Å². The van der Waals surface area contributed by atoms with E-state index in [-0.39, 0.29) is 11.9 Å². The van der Waals surface area contributed by atoms with Gasteiger partial charge in [-0.15, -0.1) is 0 Å². The molecular formula is C16H23FN4. The maximum absolute atomic E-state index is 14.0. The topological polar surface area (TPSA) is 42.7 Å². The molecule has 0 aliphatic carbocycles. The maximum Gasteiger partial charge on any atom is 0.146 e. The molecule has 0 radical (unpaired) electrons. The number of pyridine rings is 1. The van der Waals surface area contributed by atoms with Crippen LogP contribution in [0.4, 0.5) is 4.39 Å². The molecule has 0 spiro atoms. The van der Waals surface area contributed by atoms with Gasteiger partial charge in [-0.25, -0.2) is 4.39 Å². The van der Waals surface area contributed by atoms with E-state index in [0.717, 1.165) is 30.8 Å². The van der Waals surface area contributed by atoms with Gasteiger partial charge in [0.25, 0.3) is 0 Å². The molecule has 0 saturated heterocycles. The van der Waals surface area contributed by atoms with Gasteiger partial charge in [-0.2, -0.15) is 5.10 Å². The number of hydrogen-bond acceptors (Lipinski definition) is 3. The van der Waals surface area contributed by atoms with Crippen molar-refractivity contribution < 1.29 is 4.39 Å². The summed E-state index contributed by atoms with van der Waals surface area (Å²) in [4.78, 5) is 4.22. The van der Waals surface area contributed by atoms with E-state index in [9.17, 15) is 4.39 Å². The Hall–Kier alpha value is -1.75. The number of hydrogen-bond donors (Lipinski definition) is 1. The van der Waals surface area contributed by atoms with Gasteiger partial charge in [0.05, 0.1) is 17.4 Å². The van der Waals surface area contributed by atoms with Crippen molar-refractivity contribution in [2.45, 2.75) is 39.2 Å². The number of aromatic nitrogens is 3. The Kier molecular flexibility index (Phi) is 5.44. The van der Waals surface area contributed by atoms with Gasteiger partial charge in [0.15, 0.2) is 0 Å². The standard InChI is InChI=1S/C16H23FN4/c1-4-8-18-15(16-14(17)7-6-9-19-16)11-13-10-12(5-2)20-21(13)3/h6-7,9-10,15,18H,4-5,8,11H2,1-3H3. The van der Waals surface area contributed by atoms with Crippen molar-refractivity contribution in [2.24, 2.45) is 7.05 Å². The van der Waals surface area contributed by atoms with Crippen LogP contribution in [0.3, 0.4) is 0 Å². The molecule has 0 amide bonds. The largest absolute Gasteiger partial charge is 0.308 e. The third kappa shape index (κ3) is 3.88. The SMILES string of the molecule is CCCNC(Cc1cc(CC)nn1C)c1ncccc1F. The lowest BCUT2D eigenvalue weighted by molar-refractivity contribution is 0.472. The van der Waals surface area contributed by atoms with Crippen molar-refractivity contribution in [2.75, 3.05) is 6.54 Å². The molecule has 21 heavy (non-hydrogen) atoms. The van der Waals surface area contributed by atoms with E-state index >= 15 is 0 Å². The Bertz CT molecular complexity index is 579. The minimum atomic E-state index is -0.260. The lowest BCUT2D eigenvalue weighted by Gasteiger charge is -2.18. The summed E-state index contributed by atoms with van der Waals surface area (Å²) in [6.07, 6.45) is 4.21. The van der Waals surface area contributed by atoms with E-state index in [1.165, 1.54) is 6.07 Å². The second-order valence-electron chi connectivity index (χ2n) is 5.19. The average Bonchev–Trinajstić information content (AvgIpc) is 2.84. The number of nitrogens with one attached hydrogen (secondary N) is 1. The third-order valence-corrected chi connectivity index (χ3v) is 3.56. The molecular weight excluding hydrogens is 267 g/mol. The Morgan fingerprint density at radius 2 is 2.19 bits per heavy atom. The van der Waals surface area contributed by atoms with E-state index in [2.05, 4.69) is 35.3 Å². The zero-order valence-corrected chi connectivity index (χ0v) is 12.9. The molecule has 0 saturated carbocycles. The van der Waals surface area contributed by atoms with Crippen LogP contribution in [-0.4, -0.2) is 21.3 Å². The first kappa shape index (κ1) is 15.6. The molecule has 0 bridgehead atoms. The van der Waals surface area contributed by atoms with E-state index in [1.807, 2.05) is 11.7 Å². The zero-order chi connectivity index (χ0) is 15.2. The Labute approximate surface area is 125 Å². The fraction of sp³-hybridized carbons (Fsp3) is 0.500. The summed E-state index contributed by atoms with van der Waals surface area (Å²) < 4.78 is 15.9. The first-order valence-corrected chi connectivity index (χ1v) is 7.51. The second kappa shape index (κ2) is 7.31. The fourth-order valence-electron chi connectivity index (χ4n) is 2.38. The molecule has 5 heteroatoms. The van der Waals surface area contributed by atoms with Gasteiger partial charge in [-0.1, -0.05) is 13.8 Å². The highest BCUT2D eigenvalue weighted by Crippen LogP contribution is 2.19. The highest BCUT2D eigenvalue weighted by Gasteiger charge is 2.19. The van der Waals surface area contributed by atoms with Gasteiger partial charge in [0.1, 0.15) is 5.82 Å². The lowest BCUT2D eigenvalue weighted by Crippen LogP contribution is -2.26. The van der Waals surface area contributed by atoms with Gasteiger partial charge < -0.3 is 5.32 Å². The summed E-state index contributed by atoms with van der Waals surface area (Å²) in [5.74, 6) is -0.260. The van der Waals surface area contributed by atoms with Crippen molar-refractivity contribution in [3.05, 3.63) is 47.3 Å². The van der Waals surface area contributed by atoms with Crippen molar-refractivity contribution in [1.29, 1.82) is 0 Å². The summed E-state index contributed by atoms with van der Waals surface area (Å²) in [6, 6.07) is 5.03. The molecule has 0 aliphatic heterocycles. The molecule has 2 heterocycles. The number of aryl methyl sites for hydroxylation is 2. The van der Waals surface area contributed by atoms with Crippen LogP contribution in [0.25, 0.3) is 0 Å². The molecule has 0 aliphatic rings. The third-order valence-electron chi connectivity index (χ3n) is 3.56. The molecule has 1 unspecified atom stereocenters. The molecule has 0 aromatic carbocycles. The van der Waals surface area contributed by atoms with Gasteiger partial charge in [0.2, 0.25) is 0 Å². The normalized spacial score (nSPS) is 12.6. The molecule has 2 aromatic heterocycles. The van der Waals surface area contributed by atoms with Crippen LogP contribution in [0.2, 0.25) is 0 Å². The van der Waals surface area contributed by atoms with E-state index in [1.54, 1.807) is 12.3 Å². The van der Waals surface area contributed by atoms with Crippen LogP contribution in [0.15, 0.2) is 24.4 Å². The van der Waals surface area contributed by atoms with Crippen LogP contribution >= 0.6 is 0 Å². The van der Waals surface area contributed by atoms with Crippen LogP contribution < -0.4 is 5.32 Å². The fourth-order valence-corrected chi connectivity index (χ4v) is 2.38. The molecule has 1 N–H and O–H groups in total. The quantitative estimate of drug-likeness (QED) is 0.852. The first-order chi connectivity index (χ1) is 10.2. The molecule has 1 atom stereocenters. The molecule has 2 rings (SSSR count). The van der Waals surface area contributed by atoms with Crippen molar-refractivity contribution in [1.82, 2.24) is 20.1 Å². The molecule has 0 fully saturated rings. The van der Waals surface area contributed by atoms with Crippen molar-refractivity contribution in [3.8, 4) is 0 Å². The Morgan fingerprint density at radius 1 is 1.38 bits per heavy atom. The van der Waals surface area contributed by atoms with Crippen LogP contribution in [0.5, 0.6) is 0 Å². The minimum absolute atomic E-state index is 0.133. The Balaban J connectivity index is 2.24. The van der Waals surface area contributed by atoms with E-state index < -0.39 is 0 Å². The molecule has 4 nitrogen and oxygen atoms in total. The first-order valence-electron chi connectivity index (χ1n) is 7.51. The summed E-state index contributed by atoms with van der Waals surface area (Å²) in [5.41, 5.74) is 2.62. The predicted molar refractivity (Wildman–Crippen MR) is 81.5 cm³/mol. The highest BCUT2D eigenvalue weighted by atomic mass is 19.1. The minimum Gasteiger partial charge on any atom is -0.308 e. The molecule has 2 aromatic rings. The van der Waals surface area contributed by atoms with Crippen molar-refractivity contribution in [3.63, 3.8) is 0 Å². The predicted octanol–water partition coefficient (Wildman–Crippen LogP) is 2.80. The van der Waals surface area contributed by atoms with Gasteiger partial charge in [-0.05, 0) is 37.6 Å². The number of rotatable bonds is 7. The van der Waals surface area contributed by atoms with Crippen molar-refractivity contribution >= 4 is 0 Å². The summed E-state index contributed by atoms with van der Waals surface area (Å²) in [5, 5.41) is 7.84. The maximum atomic E-state index is 14.0. The lowest BCUT2D eigenvalue weighted by atomic mass is 10.1. The van der Waals surface area contributed by atoms with Gasteiger partial charge >= 0.3 is 0 Å². The van der Waals surface area contributed by atoms with E-state index in [4.69, 9.17) is 0 Å². The van der Waals surface area contributed by atoms with Crippen LogP contribution in [0.1, 0.15) is 43.4 Å². The van der Waals surface area contributed by atoms with Gasteiger partial charge in [0, 0.05) is 25.4 Å². The highest BCUT2D eigenvalue weighted by molar-refractivity contribution is 5.17. The number of halogens is 1. The van der Waals surface area contributed by atoms with Crippen LogP contribution in [0, 0.1) is 5.82 Å². The second-order valence-corrected chi connectivity index (χ2v) is 5.19. The summed E-state index contributed by atoms with van der Waals surface area (Å²) in [6.45, 7) is 5.01. The Morgan fingerprint density at radius 3 is 2.81 bits per heavy atom. The van der Waals surface area contributed by atoms with Gasteiger partial charge in [-0.3, -0.25) is 9.67 Å². The summed E-state index contributed by atoms with van der Waals surface area (Å²) >= 11 is 0. The number of nitrogens with zero attached hydrogens (tertiary/aromatic N) is 3. The smallest absolute Gasteiger partial charge is 0.146 e. The summed E-state index contributed by atoms with van der Waals surface area (Å²) in [7, 11) is 1.93. The monoisotopic (exact) mass is 290 g/mol.